The summed E-state index contributed by atoms with van der Waals surface area (Å²) in [5.41, 5.74) is 1.03. The lowest BCUT2D eigenvalue weighted by Gasteiger charge is -2.36. The second-order valence-corrected chi connectivity index (χ2v) is 6.22. The highest BCUT2D eigenvalue weighted by Gasteiger charge is 2.33. The molecule has 0 amide bonds. The lowest BCUT2D eigenvalue weighted by atomic mass is 9.81. The van der Waals surface area contributed by atoms with Crippen LogP contribution in [0.2, 0.25) is 5.02 Å². The third-order valence-electron chi connectivity index (χ3n) is 3.62. The van der Waals surface area contributed by atoms with Crippen LogP contribution < -0.4 is 4.74 Å². The van der Waals surface area contributed by atoms with E-state index in [4.69, 9.17) is 21.1 Å². The standard InChI is InChI=1S/C16H18ClNO3/c1-10(19)21-13-5-4-12(9-18)14(15(13)17)11-6-7-20-16(2,3)8-11/h4-5,11H,6-8H2,1-3H3. The van der Waals surface area contributed by atoms with Crippen LogP contribution in [0.15, 0.2) is 12.1 Å². The molecule has 0 saturated carbocycles. The van der Waals surface area contributed by atoms with E-state index in [1.807, 2.05) is 13.8 Å². The van der Waals surface area contributed by atoms with Gasteiger partial charge in [-0.25, -0.2) is 0 Å². The van der Waals surface area contributed by atoms with Gasteiger partial charge in [0.2, 0.25) is 0 Å². The van der Waals surface area contributed by atoms with E-state index >= 15 is 0 Å². The number of nitriles is 1. The van der Waals surface area contributed by atoms with Gasteiger partial charge in [0, 0.05) is 13.5 Å². The summed E-state index contributed by atoms with van der Waals surface area (Å²) >= 11 is 6.39. The maximum absolute atomic E-state index is 11.1. The highest BCUT2D eigenvalue weighted by Crippen LogP contribution is 2.43. The number of carbonyl (C=O) groups is 1. The van der Waals surface area contributed by atoms with Gasteiger partial charge >= 0.3 is 5.97 Å². The molecule has 1 aromatic rings. The molecule has 4 nitrogen and oxygen atoms in total. The van der Waals surface area contributed by atoms with Gasteiger partial charge in [0.05, 0.1) is 22.3 Å². The molecule has 0 aromatic heterocycles. The number of carbonyl (C=O) groups excluding carboxylic acids is 1. The van der Waals surface area contributed by atoms with Crippen molar-refractivity contribution in [3.8, 4) is 11.8 Å². The number of hydrogen-bond donors (Lipinski definition) is 0. The predicted molar refractivity (Wildman–Crippen MR) is 79.5 cm³/mol. The third-order valence-corrected chi connectivity index (χ3v) is 4.01. The number of ether oxygens (including phenoxy) is 2. The van der Waals surface area contributed by atoms with Crippen molar-refractivity contribution in [3.05, 3.63) is 28.3 Å². The maximum atomic E-state index is 11.1. The fourth-order valence-electron chi connectivity index (χ4n) is 2.78. The van der Waals surface area contributed by atoms with Crippen molar-refractivity contribution in [1.82, 2.24) is 0 Å². The van der Waals surface area contributed by atoms with E-state index in [0.29, 0.717) is 22.9 Å². The molecule has 1 heterocycles. The maximum Gasteiger partial charge on any atom is 0.308 e. The molecule has 0 spiro atoms. The molecule has 1 aromatic carbocycles. The predicted octanol–water partition coefficient (Wildman–Crippen LogP) is 3.81. The lowest BCUT2D eigenvalue weighted by molar-refractivity contribution is -0.131. The Bertz CT molecular complexity index is 604. The molecule has 5 heteroatoms. The van der Waals surface area contributed by atoms with Gasteiger partial charge in [-0.15, -0.1) is 0 Å². The number of esters is 1. The monoisotopic (exact) mass is 307 g/mol. The summed E-state index contributed by atoms with van der Waals surface area (Å²) in [4.78, 5) is 11.1. The molecule has 1 fully saturated rings. The molecular formula is C16H18ClNO3. The number of benzene rings is 1. The summed E-state index contributed by atoms with van der Waals surface area (Å²) in [7, 11) is 0. The quantitative estimate of drug-likeness (QED) is 0.616. The van der Waals surface area contributed by atoms with Gasteiger partial charge in [0.1, 0.15) is 5.75 Å². The second kappa shape index (κ2) is 6.05. The minimum atomic E-state index is -0.431. The number of rotatable bonds is 2. The summed E-state index contributed by atoms with van der Waals surface area (Å²) in [5.74, 6) is -0.00580. The Kier molecular flexibility index (Phi) is 4.55. The SMILES string of the molecule is CC(=O)Oc1ccc(C#N)c(C2CCOC(C)(C)C2)c1Cl. The van der Waals surface area contributed by atoms with Crippen LogP contribution in [-0.2, 0) is 9.53 Å². The average molecular weight is 308 g/mol. The van der Waals surface area contributed by atoms with Crippen LogP contribution >= 0.6 is 11.6 Å². The van der Waals surface area contributed by atoms with Crippen LogP contribution in [0.25, 0.3) is 0 Å². The molecule has 1 aliphatic heterocycles. The second-order valence-electron chi connectivity index (χ2n) is 5.84. The van der Waals surface area contributed by atoms with Crippen LogP contribution in [0.4, 0.5) is 0 Å². The van der Waals surface area contributed by atoms with Crippen molar-refractivity contribution in [2.75, 3.05) is 6.61 Å². The first-order valence-electron chi connectivity index (χ1n) is 6.89. The van der Waals surface area contributed by atoms with Gasteiger partial charge in [-0.05, 0) is 50.3 Å². The van der Waals surface area contributed by atoms with Crippen molar-refractivity contribution < 1.29 is 14.3 Å². The highest BCUT2D eigenvalue weighted by atomic mass is 35.5. The molecule has 1 atom stereocenters. The number of nitrogens with zero attached hydrogens (tertiary/aromatic N) is 1. The fraction of sp³-hybridized carbons (Fsp3) is 0.500. The summed E-state index contributed by atoms with van der Waals surface area (Å²) in [6.07, 6.45) is 1.56. The molecule has 21 heavy (non-hydrogen) atoms. The van der Waals surface area contributed by atoms with E-state index in [-0.39, 0.29) is 11.5 Å². The Labute approximate surface area is 129 Å². The Hall–Kier alpha value is -1.57. The molecule has 1 aliphatic rings. The molecule has 112 valence electrons. The zero-order chi connectivity index (χ0) is 15.6. The van der Waals surface area contributed by atoms with Crippen molar-refractivity contribution in [1.29, 1.82) is 5.26 Å². The van der Waals surface area contributed by atoms with E-state index < -0.39 is 5.97 Å². The van der Waals surface area contributed by atoms with Crippen molar-refractivity contribution >= 4 is 17.6 Å². The molecule has 0 N–H and O–H groups in total. The van der Waals surface area contributed by atoms with Crippen LogP contribution in [0.1, 0.15) is 50.7 Å². The summed E-state index contributed by atoms with van der Waals surface area (Å²) < 4.78 is 10.8. The molecule has 0 aliphatic carbocycles. The normalized spacial score (nSPS) is 20.6. The Morgan fingerprint density at radius 2 is 2.24 bits per heavy atom. The third kappa shape index (κ3) is 3.55. The Balaban J connectivity index is 2.45. The largest absolute Gasteiger partial charge is 0.425 e. The van der Waals surface area contributed by atoms with Crippen LogP contribution in [0.5, 0.6) is 5.75 Å². The topological polar surface area (TPSA) is 59.3 Å². The zero-order valence-corrected chi connectivity index (χ0v) is 13.2. The number of hydrogen-bond acceptors (Lipinski definition) is 4. The highest BCUT2D eigenvalue weighted by molar-refractivity contribution is 6.33. The smallest absolute Gasteiger partial charge is 0.308 e. The lowest BCUT2D eigenvalue weighted by Crippen LogP contribution is -2.33. The zero-order valence-electron chi connectivity index (χ0n) is 12.4. The summed E-state index contributed by atoms with van der Waals surface area (Å²) in [5, 5.41) is 9.68. The van der Waals surface area contributed by atoms with Crippen molar-refractivity contribution in [2.24, 2.45) is 0 Å². The Morgan fingerprint density at radius 1 is 1.52 bits per heavy atom. The molecule has 0 bridgehead atoms. The summed E-state index contributed by atoms with van der Waals surface area (Å²) in [6, 6.07) is 5.40. The van der Waals surface area contributed by atoms with E-state index in [1.54, 1.807) is 12.1 Å². The van der Waals surface area contributed by atoms with Crippen molar-refractivity contribution in [3.63, 3.8) is 0 Å². The van der Waals surface area contributed by atoms with Crippen LogP contribution in [-0.4, -0.2) is 18.2 Å². The van der Waals surface area contributed by atoms with E-state index in [1.165, 1.54) is 6.92 Å². The van der Waals surface area contributed by atoms with Gasteiger partial charge in [-0.2, -0.15) is 5.26 Å². The van der Waals surface area contributed by atoms with Gasteiger partial charge in [0.15, 0.2) is 0 Å². The first-order valence-corrected chi connectivity index (χ1v) is 7.27. The van der Waals surface area contributed by atoms with Crippen LogP contribution in [0, 0.1) is 11.3 Å². The Morgan fingerprint density at radius 3 is 2.81 bits per heavy atom. The van der Waals surface area contributed by atoms with Gasteiger partial charge in [-0.3, -0.25) is 4.79 Å². The molecule has 0 radical (unpaired) electrons. The fourth-order valence-corrected chi connectivity index (χ4v) is 3.14. The molecule has 1 unspecified atom stereocenters. The first-order chi connectivity index (χ1) is 9.84. The minimum absolute atomic E-state index is 0.117. The molecule has 2 rings (SSSR count). The molecule has 1 saturated heterocycles. The number of halogens is 1. The van der Waals surface area contributed by atoms with Crippen LogP contribution in [0.3, 0.4) is 0 Å². The van der Waals surface area contributed by atoms with Gasteiger partial charge in [0.25, 0.3) is 0 Å². The van der Waals surface area contributed by atoms with E-state index in [2.05, 4.69) is 6.07 Å². The first kappa shape index (κ1) is 15.8. The van der Waals surface area contributed by atoms with E-state index in [0.717, 1.165) is 18.4 Å². The minimum Gasteiger partial charge on any atom is -0.425 e. The van der Waals surface area contributed by atoms with Crippen molar-refractivity contribution in [2.45, 2.75) is 45.1 Å². The van der Waals surface area contributed by atoms with Gasteiger partial charge in [-0.1, -0.05) is 11.6 Å². The average Bonchev–Trinajstić information content (AvgIpc) is 2.39. The van der Waals surface area contributed by atoms with E-state index in [9.17, 15) is 10.1 Å². The van der Waals surface area contributed by atoms with Gasteiger partial charge < -0.3 is 9.47 Å². The summed E-state index contributed by atoms with van der Waals surface area (Å²) in [6.45, 7) is 5.99. The molecular weight excluding hydrogens is 290 g/mol.